The summed E-state index contributed by atoms with van der Waals surface area (Å²) in [5.41, 5.74) is 0. The molecule has 2 nitrogen and oxygen atoms in total. The number of hydrogen-bond donors (Lipinski definition) is 1. The van der Waals surface area contributed by atoms with Crippen LogP contribution in [-0.2, 0) is 0 Å². The van der Waals surface area contributed by atoms with Gasteiger partial charge in [-0.3, -0.25) is 0 Å². The van der Waals surface area contributed by atoms with Gasteiger partial charge in [0.15, 0.2) is 0 Å². The summed E-state index contributed by atoms with van der Waals surface area (Å²) < 4.78 is 0. The van der Waals surface area contributed by atoms with Crippen LogP contribution in [0.5, 0.6) is 0 Å². The lowest BCUT2D eigenvalue weighted by atomic mass is 10.3. The number of likely N-dealkylation sites (tertiary alicyclic amines) is 1. The highest BCUT2D eigenvalue weighted by Crippen LogP contribution is 2.06. The fourth-order valence-electron chi connectivity index (χ4n) is 1.36. The molecule has 0 radical (unpaired) electrons. The minimum Gasteiger partial charge on any atom is -0.316 e. The van der Waals surface area contributed by atoms with Gasteiger partial charge >= 0.3 is 0 Å². The van der Waals surface area contributed by atoms with Crippen LogP contribution in [0, 0.1) is 0 Å². The van der Waals surface area contributed by atoms with Gasteiger partial charge in [-0.25, -0.2) is 0 Å². The molecule has 11 heavy (non-hydrogen) atoms. The number of nitrogens with zero attached hydrogens (tertiary/aromatic N) is 1. The van der Waals surface area contributed by atoms with E-state index in [9.17, 15) is 0 Å². The number of halogens is 2. The van der Waals surface area contributed by atoms with Gasteiger partial charge in [0.1, 0.15) is 0 Å². The normalized spacial score (nSPS) is 24.0. The van der Waals surface area contributed by atoms with Crippen molar-refractivity contribution in [2.75, 3.05) is 26.7 Å². The summed E-state index contributed by atoms with van der Waals surface area (Å²) in [7, 11) is 2.05. The van der Waals surface area contributed by atoms with E-state index in [1.807, 2.05) is 7.05 Å². The average Bonchev–Trinajstić information content (AvgIpc) is 2.34. The molecule has 0 amide bonds. The third-order valence-electron chi connectivity index (χ3n) is 2.13. The third kappa shape index (κ3) is 4.16. The summed E-state index contributed by atoms with van der Waals surface area (Å²) in [5.74, 6) is 0. The standard InChI is InChI=1S/C7H16N2.2ClH/c1-3-9-5-4-7(6-9)8-2;;/h7-8H,3-6H2,1-2H3;2*1H/t7-;;/m0../s1. The first-order valence-corrected chi connectivity index (χ1v) is 3.76. The molecule has 1 heterocycles. The Bertz CT molecular complexity index is 80.5. The van der Waals surface area contributed by atoms with Gasteiger partial charge in [0.25, 0.3) is 0 Å². The maximum Gasteiger partial charge on any atom is 0.0204 e. The van der Waals surface area contributed by atoms with Crippen LogP contribution in [-0.4, -0.2) is 37.6 Å². The van der Waals surface area contributed by atoms with Gasteiger partial charge in [-0.1, -0.05) is 6.92 Å². The highest BCUT2D eigenvalue weighted by Gasteiger charge is 2.18. The first-order chi connectivity index (χ1) is 4.36. The van der Waals surface area contributed by atoms with Crippen molar-refractivity contribution >= 4 is 24.8 Å². The fraction of sp³-hybridized carbons (Fsp3) is 1.00. The molecule has 1 rings (SSSR count). The molecule has 0 aromatic rings. The molecule has 4 heteroatoms. The van der Waals surface area contributed by atoms with Gasteiger partial charge in [-0.05, 0) is 26.6 Å². The third-order valence-corrected chi connectivity index (χ3v) is 2.13. The SMILES string of the molecule is CCN1CC[C@H](NC)C1.Cl.Cl. The molecular formula is C7H18Cl2N2. The second-order valence-electron chi connectivity index (χ2n) is 2.67. The number of nitrogens with one attached hydrogen (secondary N) is 1. The Labute approximate surface area is 81.5 Å². The van der Waals surface area contributed by atoms with E-state index < -0.39 is 0 Å². The van der Waals surface area contributed by atoms with E-state index in [0.29, 0.717) is 0 Å². The second kappa shape index (κ2) is 7.17. The van der Waals surface area contributed by atoms with Crippen LogP contribution in [0.2, 0.25) is 0 Å². The van der Waals surface area contributed by atoms with Gasteiger partial charge in [0.05, 0.1) is 0 Å². The lowest BCUT2D eigenvalue weighted by molar-refractivity contribution is 0.348. The largest absolute Gasteiger partial charge is 0.316 e. The molecule has 0 unspecified atom stereocenters. The summed E-state index contributed by atoms with van der Waals surface area (Å²) in [6.45, 7) is 5.95. The fourth-order valence-corrected chi connectivity index (χ4v) is 1.36. The smallest absolute Gasteiger partial charge is 0.0204 e. The highest BCUT2D eigenvalue weighted by molar-refractivity contribution is 5.85. The topological polar surface area (TPSA) is 15.3 Å². The van der Waals surface area contributed by atoms with Crippen LogP contribution in [0.15, 0.2) is 0 Å². The van der Waals surface area contributed by atoms with Crippen molar-refractivity contribution in [2.45, 2.75) is 19.4 Å². The molecule has 0 spiro atoms. The van der Waals surface area contributed by atoms with Gasteiger partial charge < -0.3 is 10.2 Å². The van der Waals surface area contributed by atoms with E-state index in [1.54, 1.807) is 0 Å². The Balaban J connectivity index is 0. The van der Waals surface area contributed by atoms with E-state index in [0.717, 1.165) is 6.04 Å². The van der Waals surface area contributed by atoms with Gasteiger partial charge in [-0.15, -0.1) is 24.8 Å². The molecule has 0 saturated carbocycles. The Morgan fingerprint density at radius 3 is 2.36 bits per heavy atom. The number of rotatable bonds is 2. The predicted molar refractivity (Wildman–Crippen MR) is 54.1 cm³/mol. The Morgan fingerprint density at radius 1 is 1.45 bits per heavy atom. The lowest BCUT2D eigenvalue weighted by Crippen LogP contribution is -2.29. The molecule has 0 aromatic heterocycles. The maximum atomic E-state index is 3.29. The van der Waals surface area contributed by atoms with Crippen molar-refractivity contribution in [1.29, 1.82) is 0 Å². The Morgan fingerprint density at radius 2 is 2.09 bits per heavy atom. The summed E-state index contributed by atoms with van der Waals surface area (Å²) in [5, 5.41) is 3.29. The number of likely N-dealkylation sites (N-methyl/N-ethyl adjacent to an activating group) is 2. The van der Waals surface area contributed by atoms with Crippen LogP contribution in [0.4, 0.5) is 0 Å². The minimum atomic E-state index is 0. The molecule has 1 aliphatic rings. The summed E-state index contributed by atoms with van der Waals surface area (Å²) in [4.78, 5) is 2.47. The van der Waals surface area contributed by atoms with Crippen molar-refractivity contribution in [1.82, 2.24) is 10.2 Å². The summed E-state index contributed by atoms with van der Waals surface area (Å²) in [6.07, 6.45) is 1.32. The minimum absolute atomic E-state index is 0. The van der Waals surface area contributed by atoms with Crippen LogP contribution in [0.3, 0.4) is 0 Å². The van der Waals surface area contributed by atoms with Crippen LogP contribution in [0.25, 0.3) is 0 Å². The van der Waals surface area contributed by atoms with Crippen LogP contribution < -0.4 is 5.32 Å². The van der Waals surface area contributed by atoms with Crippen molar-refractivity contribution in [3.63, 3.8) is 0 Å². The van der Waals surface area contributed by atoms with Crippen molar-refractivity contribution in [2.24, 2.45) is 0 Å². The molecule has 1 N–H and O–H groups in total. The van der Waals surface area contributed by atoms with Gasteiger partial charge in [0, 0.05) is 12.6 Å². The van der Waals surface area contributed by atoms with Gasteiger partial charge in [0.2, 0.25) is 0 Å². The predicted octanol–water partition coefficient (Wildman–Crippen LogP) is 1.14. The average molecular weight is 201 g/mol. The van der Waals surface area contributed by atoms with Crippen LogP contribution >= 0.6 is 24.8 Å². The molecule has 0 bridgehead atoms. The van der Waals surface area contributed by atoms with Crippen molar-refractivity contribution in [3.8, 4) is 0 Å². The zero-order valence-electron chi connectivity index (χ0n) is 7.17. The van der Waals surface area contributed by atoms with Gasteiger partial charge in [-0.2, -0.15) is 0 Å². The first kappa shape index (κ1) is 14.0. The summed E-state index contributed by atoms with van der Waals surface area (Å²) in [6, 6.07) is 0.755. The molecule has 1 saturated heterocycles. The Kier molecular flexibility index (Phi) is 9.15. The van der Waals surface area contributed by atoms with Crippen molar-refractivity contribution < 1.29 is 0 Å². The quantitative estimate of drug-likeness (QED) is 0.720. The maximum absolute atomic E-state index is 3.29. The Hall–Kier alpha value is 0.500. The van der Waals surface area contributed by atoms with E-state index in [2.05, 4.69) is 17.1 Å². The molecule has 0 aliphatic carbocycles. The molecule has 1 atom stereocenters. The highest BCUT2D eigenvalue weighted by atomic mass is 35.5. The molecule has 1 aliphatic heterocycles. The van der Waals surface area contributed by atoms with E-state index in [1.165, 1.54) is 26.1 Å². The van der Waals surface area contributed by atoms with Crippen molar-refractivity contribution in [3.05, 3.63) is 0 Å². The molecule has 1 fully saturated rings. The molecule has 70 valence electrons. The zero-order chi connectivity index (χ0) is 6.69. The van der Waals surface area contributed by atoms with Crippen LogP contribution in [0.1, 0.15) is 13.3 Å². The monoisotopic (exact) mass is 200 g/mol. The molecular weight excluding hydrogens is 183 g/mol. The van der Waals surface area contributed by atoms with E-state index in [-0.39, 0.29) is 24.8 Å². The van der Waals surface area contributed by atoms with E-state index >= 15 is 0 Å². The first-order valence-electron chi connectivity index (χ1n) is 3.76. The van der Waals surface area contributed by atoms with E-state index in [4.69, 9.17) is 0 Å². The number of hydrogen-bond acceptors (Lipinski definition) is 2. The zero-order valence-corrected chi connectivity index (χ0v) is 8.80. The lowest BCUT2D eigenvalue weighted by Gasteiger charge is -2.11. The second-order valence-corrected chi connectivity index (χ2v) is 2.67. The summed E-state index contributed by atoms with van der Waals surface area (Å²) >= 11 is 0. The molecule has 0 aromatic carbocycles.